The highest BCUT2D eigenvalue weighted by Crippen LogP contribution is 2.24. The normalized spacial score (nSPS) is 14.1. The van der Waals surface area contributed by atoms with Crippen LogP contribution in [-0.2, 0) is 9.57 Å². The minimum absolute atomic E-state index is 0.213. The monoisotopic (exact) mass is 494 g/mol. The number of rotatable bonds is 10. The first-order valence-corrected chi connectivity index (χ1v) is 11.7. The Hall–Kier alpha value is -3.96. The summed E-state index contributed by atoms with van der Waals surface area (Å²) in [5.74, 6) is 8.38. The predicted molar refractivity (Wildman–Crippen MR) is 138 cm³/mol. The molecule has 2 aromatic heterocycles. The van der Waals surface area contributed by atoms with Crippen LogP contribution in [0.15, 0.2) is 54.8 Å². The van der Waals surface area contributed by atoms with Crippen molar-refractivity contribution in [1.82, 2.24) is 20.2 Å². The molecule has 0 saturated carbocycles. The number of morpholine rings is 1. The Morgan fingerprint density at radius 1 is 1.25 bits per heavy atom. The van der Waals surface area contributed by atoms with E-state index in [4.69, 9.17) is 15.5 Å². The molecule has 1 aromatic carbocycles. The van der Waals surface area contributed by atoms with Crippen LogP contribution >= 0.6 is 0 Å². The Morgan fingerprint density at radius 2 is 2.00 bits per heavy atom. The molecule has 0 spiro atoms. The van der Waals surface area contributed by atoms with Crippen molar-refractivity contribution >= 4 is 29.0 Å². The number of anilines is 4. The topological polar surface area (TPSA) is 126 Å². The van der Waals surface area contributed by atoms with E-state index in [0.29, 0.717) is 42.2 Å². The maximum absolute atomic E-state index is 13.2. The molecule has 5 N–H and O–H groups in total. The maximum atomic E-state index is 13.2. The first-order valence-electron chi connectivity index (χ1n) is 11.7. The van der Waals surface area contributed by atoms with E-state index in [-0.39, 0.29) is 12.4 Å². The lowest BCUT2D eigenvalue weighted by Crippen LogP contribution is -2.37. The molecule has 3 aromatic rings. The van der Waals surface area contributed by atoms with Gasteiger partial charge in [-0.2, -0.15) is 21.0 Å². The second kappa shape index (κ2) is 11.6. The van der Waals surface area contributed by atoms with Crippen LogP contribution in [0.3, 0.4) is 0 Å². The summed E-state index contributed by atoms with van der Waals surface area (Å²) in [4.78, 5) is 16.5. The fourth-order valence-electron chi connectivity index (χ4n) is 3.60. The van der Waals surface area contributed by atoms with Crippen molar-refractivity contribution < 1.29 is 14.0 Å². The number of aromatic amines is 1. The van der Waals surface area contributed by atoms with Gasteiger partial charge in [0, 0.05) is 25.2 Å². The highest BCUT2D eigenvalue weighted by Gasteiger charge is 2.16. The van der Waals surface area contributed by atoms with Crippen molar-refractivity contribution in [2.75, 3.05) is 48.4 Å². The van der Waals surface area contributed by atoms with Gasteiger partial charge in [-0.15, -0.1) is 0 Å². The Labute approximate surface area is 209 Å². The SMILES string of the molecule is C=C(/C=C(/CNc1nc(Nc2cc(C(C)C)n[nH]2)cc(N2CCOCC2)n1)ON)c1ccc(F)cc1. The minimum atomic E-state index is -0.315. The first-order chi connectivity index (χ1) is 17.4. The molecule has 0 radical (unpaired) electrons. The number of H-pyrrole nitrogens is 1. The van der Waals surface area contributed by atoms with Crippen molar-refractivity contribution in [3.63, 3.8) is 0 Å². The van der Waals surface area contributed by atoms with Gasteiger partial charge in [0.25, 0.3) is 0 Å². The smallest absolute Gasteiger partial charge is 0.227 e. The molecule has 0 aliphatic carbocycles. The molecule has 4 rings (SSSR count). The molecular formula is C25H31FN8O2. The van der Waals surface area contributed by atoms with Gasteiger partial charge >= 0.3 is 0 Å². The lowest BCUT2D eigenvalue weighted by atomic mass is 10.1. The van der Waals surface area contributed by atoms with E-state index in [9.17, 15) is 4.39 Å². The summed E-state index contributed by atoms with van der Waals surface area (Å²) in [6.45, 7) is 11.1. The second-order valence-corrected chi connectivity index (χ2v) is 8.63. The Kier molecular flexibility index (Phi) is 8.13. The number of nitrogens with one attached hydrogen (secondary N) is 3. The zero-order valence-corrected chi connectivity index (χ0v) is 20.4. The average molecular weight is 495 g/mol. The molecule has 190 valence electrons. The molecule has 10 nitrogen and oxygen atoms in total. The van der Waals surface area contributed by atoms with Gasteiger partial charge < -0.3 is 25.1 Å². The standard InChI is InChI=1S/C25H31FN8O2/c1-16(2)21-13-23(33-32-21)29-22-14-24(34-8-10-35-11-9-34)31-25(30-22)28-15-20(36-27)12-17(3)18-4-6-19(26)7-5-18/h4-7,12-14,16H,3,8-11,15,27H2,1-2H3,(H3,28,29,30,31,32,33)/b20-12-. The third-order valence-corrected chi connectivity index (χ3v) is 5.62. The van der Waals surface area contributed by atoms with Gasteiger partial charge in [-0.3, -0.25) is 5.10 Å². The number of hydrogen-bond donors (Lipinski definition) is 4. The zero-order valence-electron chi connectivity index (χ0n) is 20.4. The maximum Gasteiger partial charge on any atom is 0.227 e. The van der Waals surface area contributed by atoms with Gasteiger partial charge in [-0.25, -0.2) is 4.39 Å². The van der Waals surface area contributed by atoms with Crippen molar-refractivity contribution in [3.05, 3.63) is 71.9 Å². The third kappa shape index (κ3) is 6.58. The van der Waals surface area contributed by atoms with Crippen LogP contribution in [0.25, 0.3) is 5.57 Å². The van der Waals surface area contributed by atoms with Gasteiger partial charge in [0.05, 0.1) is 25.5 Å². The number of benzene rings is 1. The zero-order chi connectivity index (χ0) is 25.5. The summed E-state index contributed by atoms with van der Waals surface area (Å²) in [5, 5.41) is 13.8. The molecule has 36 heavy (non-hydrogen) atoms. The van der Waals surface area contributed by atoms with E-state index in [0.717, 1.165) is 36.0 Å². The number of allylic oxidation sites excluding steroid dienone is 2. The number of aromatic nitrogens is 4. The number of halogens is 1. The summed E-state index contributed by atoms with van der Waals surface area (Å²) in [6, 6.07) is 9.88. The summed E-state index contributed by atoms with van der Waals surface area (Å²) in [7, 11) is 0. The van der Waals surface area contributed by atoms with Crippen LogP contribution in [0, 0.1) is 5.82 Å². The Bertz CT molecular complexity index is 1200. The third-order valence-electron chi connectivity index (χ3n) is 5.62. The van der Waals surface area contributed by atoms with E-state index in [1.54, 1.807) is 18.2 Å². The van der Waals surface area contributed by atoms with Crippen molar-refractivity contribution in [3.8, 4) is 0 Å². The number of nitrogens with zero attached hydrogens (tertiary/aromatic N) is 4. The second-order valence-electron chi connectivity index (χ2n) is 8.63. The van der Waals surface area contributed by atoms with E-state index in [2.05, 4.69) is 56.1 Å². The first kappa shape index (κ1) is 25.1. The molecule has 1 fully saturated rings. The molecule has 0 unspecified atom stereocenters. The highest BCUT2D eigenvalue weighted by atomic mass is 19.1. The van der Waals surface area contributed by atoms with Crippen LogP contribution in [0.4, 0.5) is 27.8 Å². The summed E-state index contributed by atoms with van der Waals surface area (Å²) >= 11 is 0. The number of nitrogens with two attached hydrogens (primary N) is 1. The molecule has 0 atom stereocenters. The summed E-state index contributed by atoms with van der Waals surface area (Å²) in [6.07, 6.45) is 1.68. The van der Waals surface area contributed by atoms with Crippen molar-refractivity contribution in [2.24, 2.45) is 5.90 Å². The van der Waals surface area contributed by atoms with Crippen LogP contribution in [-0.4, -0.2) is 53.0 Å². The molecule has 1 saturated heterocycles. The fourth-order valence-corrected chi connectivity index (χ4v) is 3.60. The number of hydrogen-bond acceptors (Lipinski definition) is 9. The quantitative estimate of drug-likeness (QED) is 0.188. The molecule has 0 amide bonds. The van der Waals surface area contributed by atoms with Crippen molar-refractivity contribution in [2.45, 2.75) is 19.8 Å². The predicted octanol–water partition coefficient (Wildman–Crippen LogP) is 3.94. The van der Waals surface area contributed by atoms with E-state index in [1.807, 2.05) is 12.1 Å². The van der Waals surface area contributed by atoms with E-state index in [1.165, 1.54) is 12.1 Å². The molecule has 1 aliphatic rings. The van der Waals surface area contributed by atoms with Gasteiger partial charge in [-0.05, 0) is 35.3 Å². The van der Waals surface area contributed by atoms with Gasteiger partial charge in [0.15, 0.2) is 0 Å². The fraction of sp³-hybridized carbons (Fsp3) is 0.320. The molecule has 0 bridgehead atoms. The minimum Gasteiger partial charge on any atom is -0.414 e. The largest absolute Gasteiger partial charge is 0.414 e. The lowest BCUT2D eigenvalue weighted by Gasteiger charge is -2.28. The Morgan fingerprint density at radius 3 is 2.67 bits per heavy atom. The highest BCUT2D eigenvalue weighted by molar-refractivity contribution is 5.72. The van der Waals surface area contributed by atoms with Gasteiger partial charge in [0.2, 0.25) is 5.95 Å². The molecular weight excluding hydrogens is 463 g/mol. The van der Waals surface area contributed by atoms with Crippen LogP contribution in [0.1, 0.15) is 31.0 Å². The van der Waals surface area contributed by atoms with Gasteiger partial charge in [-0.1, -0.05) is 32.6 Å². The van der Waals surface area contributed by atoms with E-state index >= 15 is 0 Å². The summed E-state index contributed by atoms with van der Waals surface area (Å²) in [5.41, 5.74) is 2.33. The van der Waals surface area contributed by atoms with Crippen molar-refractivity contribution in [1.29, 1.82) is 0 Å². The Balaban J connectivity index is 1.52. The molecule has 11 heteroatoms. The van der Waals surface area contributed by atoms with Gasteiger partial charge in [0.1, 0.15) is 29.0 Å². The molecule has 3 heterocycles. The lowest BCUT2D eigenvalue weighted by molar-refractivity contribution is 0.122. The van der Waals surface area contributed by atoms with Crippen LogP contribution < -0.4 is 21.4 Å². The van der Waals surface area contributed by atoms with Crippen LogP contribution in [0.5, 0.6) is 0 Å². The molecule has 1 aliphatic heterocycles. The summed E-state index contributed by atoms with van der Waals surface area (Å²) < 4.78 is 18.7. The van der Waals surface area contributed by atoms with Crippen LogP contribution in [0.2, 0.25) is 0 Å². The van der Waals surface area contributed by atoms with E-state index < -0.39 is 0 Å². The average Bonchev–Trinajstić information content (AvgIpc) is 3.36. The number of ether oxygens (including phenoxy) is 1.